The number of hydrogen-bond donors (Lipinski definition) is 1. The fraction of sp³-hybridized carbons (Fsp3) is 0.0909. The molecule has 1 aromatic heterocycles. The van der Waals surface area contributed by atoms with E-state index < -0.39 is 0 Å². The number of hydrogen-bond acceptors (Lipinski definition) is 3. The van der Waals surface area contributed by atoms with Crippen LogP contribution in [0.25, 0.3) is 11.1 Å². The zero-order chi connectivity index (χ0) is 10.7. The number of methoxy groups -OCH3 is 1. The Morgan fingerprint density at radius 1 is 1.47 bits per heavy atom. The van der Waals surface area contributed by atoms with Crippen LogP contribution < -0.4 is 4.74 Å². The van der Waals surface area contributed by atoms with Crippen LogP contribution in [0.2, 0.25) is 0 Å². The van der Waals surface area contributed by atoms with Crippen LogP contribution >= 0.6 is 0 Å². The molecule has 0 aliphatic heterocycles. The van der Waals surface area contributed by atoms with Crippen molar-refractivity contribution in [1.29, 1.82) is 0 Å². The molecule has 0 aliphatic rings. The summed E-state index contributed by atoms with van der Waals surface area (Å²) in [5, 5.41) is 6.60. The van der Waals surface area contributed by atoms with E-state index in [-0.39, 0.29) is 0 Å². The second-order valence-corrected chi connectivity index (χ2v) is 3.06. The molecule has 2 rings (SSSR count). The molecular formula is C11H10N2O2. The smallest absolute Gasteiger partial charge is 0.150 e. The predicted octanol–water partition coefficient (Wildman–Crippen LogP) is 1.90. The Morgan fingerprint density at radius 3 is 2.93 bits per heavy atom. The van der Waals surface area contributed by atoms with Crippen LogP contribution in [-0.4, -0.2) is 23.6 Å². The molecule has 0 unspecified atom stereocenters. The second kappa shape index (κ2) is 3.96. The Balaban J connectivity index is 2.52. The number of aromatic nitrogens is 2. The first-order chi connectivity index (χ1) is 7.35. The topological polar surface area (TPSA) is 55.0 Å². The van der Waals surface area contributed by atoms with Crippen LogP contribution in [-0.2, 0) is 0 Å². The average molecular weight is 202 g/mol. The molecule has 0 radical (unpaired) electrons. The maximum absolute atomic E-state index is 10.6. The normalized spacial score (nSPS) is 9.93. The second-order valence-electron chi connectivity index (χ2n) is 3.06. The lowest BCUT2D eigenvalue weighted by Crippen LogP contribution is -1.89. The molecule has 1 N–H and O–H groups in total. The molecule has 0 bridgehead atoms. The highest BCUT2D eigenvalue weighted by Crippen LogP contribution is 2.29. The molecule has 1 aromatic carbocycles. The van der Waals surface area contributed by atoms with E-state index in [1.165, 1.54) is 0 Å². The molecule has 0 amide bonds. The number of nitrogens with one attached hydrogen (secondary N) is 1. The minimum atomic E-state index is 0.596. The molecular weight excluding hydrogens is 192 g/mol. The molecule has 0 spiro atoms. The predicted molar refractivity (Wildman–Crippen MR) is 56.0 cm³/mol. The van der Waals surface area contributed by atoms with Crippen molar-refractivity contribution in [2.24, 2.45) is 0 Å². The van der Waals surface area contributed by atoms with E-state index in [2.05, 4.69) is 10.2 Å². The Morgan fingerprint density at radius 2 is 2.33 bits per heavy atom. The summed E-state index contributed by atoms with van der Waals surface area (Å²) in [4.78, 5) is 10.6. The number of aromatic amines is 1. The highest BCUT2D eigenvalue weighted by Gasteiger charge is 2.07. The molecule has 76 valence electrons. The van der Waals surface area contributed by atoms with Gasteiger partial charge in [0.2, 0.25) is 0 Å². The molecule has 1 heterocycles. The van der Waals surface area contributed by atoms with Gasteiger partial charge < -0.3 is 4.74 Å². The summed E-state index contributed by atoms with van der Waals surface area (Å²) in [6, 6.07) is 5.29. The van der Waals surface area contributed by atoms with E-state index in [1.54, 1.807) is 31.6 Å². The van der Waals surface area contributed by atoms with Gasteiger partial charge in [-0.25, -0.2) is 0 Å². The van der Waals surface area contributed by atoms with Crippen LogP contribution in [0, 0.1) is 0 Å². The molecule has 15 heavy (non-hydrogen) atoms. The summed E-state index contributed by atoms with van der Waals surface area (Å²) in [5.41, 5.74) is 2.44. The van der Waals surface area contributed by atoms with Gasteiger partial charge in [-0.2, -0.15) is 5.10 Å². The first kappa shape index (κ1) is 9.45. The number of nitrogens with zero attached hydrogens (tertiary/aromatic N) is 1. The Bertz CT molecular complexity index is 463. The number of rotatable bonds is 3. The van der Waals surface area contributed by atoms with Crippen molar-refractivity contribution in [3.05, 3.63) is 36.2 Å². The third-order valence-electron chi connectivity index (χ3n) is 2.17. The van der Waals surface area contributed by atoms with E-state index >= 15 is 0 Å². The van der Waals surface area contributed by atoms with Crippen LogP contribution in [0.1, 0.15) is 10.4 Å². The molecule has 0 saturated heterocycles. The van der Waals surface area contributed by atoms with Gasteiger partial charge in [-0.05, 0) is 12.1 Å². The van der Waals surface area contributed by atoms with Gasteiger partial charge in [0, 0.05) is 22.9 Å². The summed E-state index contributed by atoms with van der Waals surface area (Å²) in [6.07, 6.45) is 4.28. The van der Waals surface area contributed by atoms with Crippen molar-refractivity contribution in [3.8, 4) is 16.9 Å². The van der Waals surface area contributed by atoms with Gasteiger partial charge in [-0.1, -0.05) is 6.07 Å². The van der Waals surface area contributed by atoms with Gasteiger partial charge in [-0.15, -0.1) is 0 Å². The fourth-order valence-electron chi connectivity index (χ4n) is 1.42. The minimum absolute atomic E-state index is 0.596. The summed E-state index contributed by atoms with van der Waals surface area (Å²) < 4.78 is 5.21. The summed E-state index contributed by atoms with van der Waals surface area (Å²) in [7, 11) is 1.58. The highest BCUT2D eigenvalue weighted by molar-refractivity contribution is 5.80. The number of H-pyrrole nitrogens is 1. The lowest BCUT2D eigenvalue weighted by molar-refractivity contribution is 0.112. The summed E-state index contributed by atoms with van der Waals surface area (Å²) in [5.74, 6) is 0.668. The van der Waals surface area contributed by atoms with E-state index in [1.807, 2.05) is 6.07 Å². The fourth-order valence-corrected chi connectivity index (χ4v) is 1.42. The van der Waals surface area contributed by atoms with Gasteiger partial charge in [0.1, 0.15) is 12.0 Å². The average Bonchev–Trinajstić information content (AvgIpc) is 2.81. The van der Waals surface area contributed by atoms with Crippen LogP contribution in [0.5, 0.6) is 5.75 Å². The van der Waals surface area contributed by atoms with Crippen LogP contribution in [0.15, 0.2) is 30.6 Å². The first-order valence-electron chi connectivity index (χ1n) is 4.47. The van der Waals surface area contributed by atoms with Crippen molar-refractivity contribution >= 4 is 6.29 Å². The third kappa shape index (κ3) is 1.74. The van der Waals surface area contributed by atoms with Gasteiger partial charge in [0.05, 0.1) is 13.3 Å². The summed E-state index contributed by atoms with van der Waals surface area (Å²) in [6.45, 7) is 0. The molecule has 0 fully saturated rings. The lowest BCUT2D eigenvalue weighted by Gasteiger charge is -2.06. The van der Waals surface area contributed by atoms with Gasteiger partial charge in [0.15, 0.2) is 0 Å². The van der Waals surface area contributed by atoms with Crippen molar-refractivity contribution in [1.82, 2.24) is 10.2 Å². The maximum Gasteiger partial charge on any atom is 0.150 e. The number of benzene rings is 1. The minimum Gasteiger partial charge on any atom is -0.496 e. The number of carbonyl (C=O) groups is 1. The molecule has 4 heteroatoms. The molecule has 2 aromatic rings. The monoisotopic (exact) mass is 202 g/mol. The van der Waals surface area contributed by atoms with Crippen molar-refractivity contribution in [2.75, 3.05) is 7.11 Å². The number of carbonyl (C=O) groups excluding carboxylic acids is 1. The van der Waals surface area contributed by atoms with E-state index in [0.29, 0.717) is 11.3 Å². The lowest BCUT2D eigenvalue weighted by atomic mass is 10.1. The third-order valence-corrected chi connectivity index (χ3v) is 2.17. The number of ether oxygens (including phenoxy) is 1. The van der Waals surface area contributed by atoms with Gasteiger partial charge >= 0.3 is 0 Å². The molecule has 4 nitrogen and oxygen atoms in total. The molecule has 0 aliphatic carbocycles. The van der Waals surface area contributed by atoms with Gasteiger partial charge in [0.25, 0.3) is 0 Å². The van der Waals surface area contributed by atoms with Gasteiger partial charge in [-0.3, -0.25) is 9.89 Å². The zero-order valence-corrected chi connectivity index (χ0v) is 8.23. The number of aldehydes is 1. The Hall–Kier alpha value is -2.10. The van der Waals surface area contributed by atoms with Crippen LogP contribution in [0.4, 0.5) is 0 Å². The van der Waals surface area contributed by atoms with Crippen molar-refractivity contribution < 1.29 is 9.53 Å². The van der Waals surface area contributed by atoms with Crippen LogP contribution in [0.3, 0.4) is 0 Å². The summed E-state index contributed by atoms with van der Waals surface area (Å²) >= 11 is 0. The molecule has 0 saturated carbocycles. The largest absolute Gasteiger partial charge is 0.496 e. The highest BCUT2D eigenvalue weighted by atomic mass is 16.5. The van der Waals surface area contributed by atoms with Crippen molar-refractivity contribution in [2.45, 2.75) is 0 Å². The van der Waals surface area contributed by atoms with E-state index in [9.17, 15) is 4.79 Å². The zero-order valence-electron chi connectivity index (χ0n) is 8.23. The Labute approximate surface area is 86.9 Å². The maximum atomic E-state index is 10.6. The quantitative estimate of drug-likeness (QED) is 0.773. The standard InChI is InChI=1S/C11H10N2O2/c1-15-11-4-8(7-14)2-3-10(11)9-5-12-13-6-9/h2-7H,1H3,(H,12,13). The van der Waals surface area contributed by atoms with Crippen molar-refractivity contribution in [3.63, 3.8) is 0 Å². The SMILES string of the molecule is COc1cc(C=O)ccc1-c1cn[nH]c1. The Kier molecular flexibility index (Phi) is 2.49. The molecule has 0 atom stereocenters. The first-order valence-corrected chi connectivity index (χ1v) is 4.47. The van der Waals surface area contributed by atoms with E-state index in [4.69, 9.17) is 4.74 Å². The van der Waals surface area contributed by atoms with E-state index in [0.717, 1.165) is 17.4 Å².